The van der Waals surface area contributed by atoms with Crippen LogP contribution < -0.4 is 10.6 Å². The zero-order chi connectivity index (χ0) is 19.6. The second kappa shape index (κ2) is 8.84. The fraction of sp³-hybridized carbons (Fsp3) is 0.364. The number of benzene rings is 1. The quantitative estimate of drug-likeness (QED) is 0.662. The van der Waals surface area contributed by atoms with Crippen molar-refractivity contribution in [1.29, 1.82) is 0 Å². The molecule has 7 heteroatoms. The molecule has 1 saturated heterocycles. The molecule has 1 amide bonds. The minimum Gasteiger partial charge on any atom is -0.460 e. The summed E-state index contributed by atoms with van der Waals surface area (Å²) in [4.78, 5) is 13.1. The molecule has 0 unspecified atom stereocenters. The Morgan fingerprint density at radius 1 is 1.21 bits per heavy atom. The van der Waals surface area contributed by atoms with E-state index in [0.717, 1.165) is 37.4 Å². The van der Waals surface area contributed by atoms with E-state index < -0.39 is 0 Å². The molecule has 1 aliphatic rings. The summed E-state index contributed by atoms with van der Waals surface area (Å²) >= 11 is 0. The molecule has 1 aromatic carbocycles. The lowest BCUT2D eigenvalue weighted by molar-refractivity contribution is 0.0922. The Hall–Kier alpha value is -2.57. The zero-order valence-corrected chi connectivity index (χ0v) is 17.6. The Morgan fingerprint density at radius 3 is 2.59 bits per heavy atom. The number of aromatic nitrogens is 2. The molecule has 3 aromatic rings. The topological polar surface area (TPSA) is 72.1 Å². The summed E-state index contributed by atoms with van der Waals surface area (Å²) in [5.74, 6) is 1.27. The van der Waals surface area contributed by atoms with Gasteiger partial charge in [-0.05, 0) is 62.5 Å². The van der Waals surface area contributed by atoms with Crippen molar-refractivity contribution in [2.24, 2.45) is 5.41 Å². The number of piperidine rings is 1. The first-order valence-electron chi connectivity index (χ1n) is 9.75. The van der Waals surface area contributed by atoms with Crippen LogP contribution in [0.15, 0.2) is 53.1 Å². The normalized spacial score (nSPS) is 15.5. The van der Waals surface area contributed by atoms with Crippen LogP contribution >= 0.6 is 12.4 Å². The molecule has 6 nitrogen and oxygen atoms in total. The van der Waals surface area contributed by atoms with Crippen molar-refractivity contribution in [3.05, 3.63) is 60.0 Å². The van der Waals surface area contributed by atoms with Gasteiger partial charge >= 0.3 is 0 Å². The zero-order valence-electron chi connectivity index (χ0n) is 16.8. The van der Waals surface area contributed by atoms with Gasteiger partial charge in [0.15, 0.2) is 5.76 Å². The Balaban J connectivity index is 0.00000240. The molecule has 2 aromatic heterocycles. The minimum absolute atomic E-state index is 0. The molecule has 0 bridgehead atoms. The summed E-state index contributed by atoms with van der Waals surface area (Å²) in [6.07, 6.45) is 3.89. The highest BCUT2D eigenvalue weighted by Gasteiger charge is 2.28. The third-order valence-electron chi connectivity index (χ3n) is 5.44. The predicted molar refractivity (Wildman–Crippen MR) is 116 cm³/mol. The van der Waals surface area contributed by atoms with Crippen molar-refractivity contribution < 1.29 is 9.21 Å². The number of para-hydroxylation sites is 1. The predicted octanol–water partition coefficient (Wildman–Crippen LogP) is 3.98. The number of hydrogen-bond acceptors (Lipinski definition) is 4. The van der Waals surface area contributed by atoms with Crippen molar-refractivity contribution in [1.82, 2.24) is 20.4 Å². The van der Waals surface area contributed by atoms with E-state index in [-0.39, 0.29) is 23.7 Å². The smallest absolute Gasteiger partial charge is 0.255 e. The van der Waals surface area contributed by atoms with E-state index in [1.54, 1.807) is 10.9 Å². The summed E-state index contributed by atoms with van der Waals surface area (Å²) < 4.78 is 7.49. The van der Waals surface area contributed by atoms with Gasteiger partial charge in [-0.1, -0.05) is 25.1 Å². The highest BCUT2D eigenvalue weighted by Crippen LogP contribution is 2.28. The number of furan rings is 1. The van der Waals surface area contributed by atoms with Crippen molar-refractivity contribution in [3.63, 3.8) is 0 Å². The van der Waals surface area contributed by atoms with Crippen molar-refractivity contribution in [3.8, 4) is 17.1 Å². The second-order valence-electron chi connectivity index (χ2n) is 7.83. The van der Waals surface area contributed by atoms with Crippen LogP contribution in [-0.2, 0) is 0 Å². The van der Waals surface area contributed by atoms with Crippen molar-refractivity contribution in [2.45, 2.75) is 26.7 Å². The summed E-state index contributed by atoms with van der Waals surface area (Å²) in [5.41, 5.74) is 2.11. The van der Waals surface area contributed by atoms with Gasteiger partial charge < -0.3 is 15.1 Å². The number of nitrogens with one attached hydrogen (secondary N) is 2. The standard InChI is InChI=1S/C22H26N4O2.ClH/c1-16-8-9-19(28-16)20-18(14-26(25-20)17-6-4-3-5-7-17)21(27)24-15-22(2)10-12-23-13-11-22;/h3-9,14,23H,10-13,15H2,1-2H3,(H,24,27);1H. The van der Waals surface area contributed by atoms with Crippen molar-refractivity contribution in [2.75, 3.05) is 19.6 Å². The third kappa shape index (κ3) is 4.71. The summed E-state index contributed by atoms with van der Waals surface area (Å²) in [5, 5.41) is 11.2. The van der Waals surface area contributed by atoms with Crippen LogP contribution in [0.4, 0.5) is 0 Å². The fourth-order valence-corrected chi connectivity index (χ4v) is 3.59. The summed E-state index contributed by atoms with van der Waals surface area (Å²) in [6, 6.07) is 13.5. The molecule has 154 valence electrons. The number of carbonyl (C=O) groups excluding carboxylic acids is 1. The van der Waals surface area contributed by atoms with Gasteiger partial charge in [0.05, 0.1) is 11.3 Å². The van der Waals surface area contributed by atoms with Crippen LogP contribution in [0.3, 0.4) is 0 Å². The van der Waals surface area contributed by atoms with E-state index >= 15 is 0 Å². The monoisotopic (exact) mass is 414 g/mol. The van der Waals surface area contributed by atoms with E-state index in [2.05, 4.69) is 22.7 Å². The maximum absolute atomic E-state index is 13.1. The van der Waals surface area contributed by atoms with Crippen LogP contribution in [0, 0.1) is 12.3 Å². The molecule has 2 N–H and O–H groups in total. The van der Waals surface area contributed by atoms with Gasteiger partial charge in [-0.3, -0.25) is 4.79 Å². The molecule has 3 heterocycles. The maximum Gasteiger partial charge on any atom is 0.255 e. The van der Waals surface area contributed by atoms with E-state index in [1.807, 2.05) is 49.4 Å². The molecule has 0 spiro atoms. The second-order valence-corrected chi connectivity index (χ2v) is 7.83. The number of rotatable bonds is 5. The third-order valence-corrected chi connectivity index (χ3v) is 5.44. The van der Waals surface area contributed by atoms with Gasteiger partial charge in [0.1, 0.15) is 11.5 Å². The highest BCUT2D eigenvalue weighted by atomic mass is 35.5. The number of halogens is 1. The van der Waals surface area contributed by atoms with Gasteiger partial charge in [-0.25, -0.2) is 4.68 Å². The van der Waals surface area contributed by atoms with Crippen LogP contribution in [0.2, 0.25) is 0 Å². The lowest BCUT2D eigenvalue weighted by Gasteiger charge is -2.34. The van der Waals surface area contributed by atoms with Crippen LogP contribution in [0.5, 0.6) is 0 Å². The van der Waals surface area contributed by atoms with E-state index in [9.17, 15) is 4.79 Å². The van der Waals surface area contributed by atoms with E-state index in [0.29, 0.717) is 23.6 Å². The van der Waals surface area contributed by atoms with E-state index in [1.165, 1.54) is 0 Å². The molecule has 0 aliphatic carbocycles. The first-order valence-corrected chi connectivity index (χ1v) is 9.75. The Labute approximate surface area is 177 Å². The molecular formula is C22H27ClN4O2. The molecule has 1 fully saturated rings. The Morgan fingerprint density at radius 2 is 1.93 bits per heavy atom. The number of carbonyl (C=O) groups is 1. The summed E-state index contributed by atoms with van der Waals surface area (Å²) in [6.45, 7) is 6.76. The summed E-state index contributed by atoms with van der Waals surface area (Å²) in [7, 11) is 0. The number of amides is 1. The molecule has 29 heavy (non-hydrogen) atoms. The first-order chi connectivity index (χ1) is 13.5. The first kappa shape index (κ1) is 21.1. The largest absolute Gasteiger partial charge is 0.460 e. The van der Waals surface area contributed by atoms with Gasteiger partial charge in [0.2, 0.25) is 0 Å². The number of hydrogen-bond donors (Lipinski definition) is 2. The average Bonchev–Trinajstić information content (AvgIpc) is 3.34. The molecular weight excluding hydrogens is 388 g/mol. The van der Waals surface area contributed by atoms with Crippen molar-refractivity contribution >= 4 is 18.3 Å². The molecule has 4 rings (SSSR count). The van der Waals surface area contributed by atoms with Gasteiger partial charge in [-0.15, -0.1) is 12.4 Å². The van der Waals surface area contributed by atoms with Gasteiger partial charge in [-0.2, -0.15) is 5.10 Å². The van der Waals surface area contributed by atoms with Crippen LogP contribution in [-0.4, -0.2) is 35.3 Å². The lowest BCUT2D eigenvalue weighted by Crippen LogP contribution is -2.42. The Bertz CT molecular complexity index is 958. The van der Waals surface area contributed by atoms with Gasteiger partial charge in [0.25, 0.3) is 5.91 Å². The maximum atomic E-state index is 13.1. The average molecular weight is 415 g/mol. The molecule has 0 atom stereocenters. The molecule has 1 aliphatic heterocycles. The molecule has 0 saturated carbocycles. The van der Waals surface area contributed by atoms with Gasteiger partial charge in [0, 0.05) is 12.7 Å². The SMILES string of the molecule is Cc1ccc(-c2nn(-c3ccccc3)cc2C(=O)NCC2(C)CCNCC2)o1.Cl. The highest BCUT2D eigenvalue weighted by molar-refractivity contribution is 5.99. The van der Waals surface area contributed by atoms with Crippen LogP contribution in [0.25, 0.3) is 17.1 Å². The lowest BCUT2D eigenvalue weighted by atomic mass is 9.81. The van der Waals surface area contributed by atoms with E-state index in [4.69, 9.17) is 4.42 Å². The number of aryl methyl sites for hydroxylation is 1. The molecule has 0 radical (unpaired) electrons. The fourth-order valence-electron chi connectivity index (χ4n) is 3.59. The number of nitrogens with zero attached hydrogens (tertiary/aromatic N) is 2. The minimum atomic E-state index is -0.119. The Kier molecular flexibility index (Phi) is 6.45. The van der Waals surface area contributed by atoms with Crippen LogP contribution in [0.1, 0.15) is 35.9 Å².